The molecule has 0 aliphatic carbocycles. The van der Waals surface area contributed by atoms with Crippen LogP contribution in [-0.4, -0.2) is 36.3 Å². The highest BCUT2D eigenvalue weighted by atomic mass is 32.2. The minimum Gasteiger partial charge on any atom is -0.465 e. The van der Waals surface area contributed by atoms with Gasteiger partial charge in [-0.2, -0.15) is 0 Å². The molecule has 7 nitrogen and oxygen atoms in total. The van der Waals surface area contributed by atoms with E-state index in [0.717, 1.165) is 24.9 Å². The van der Waals surface area contributed by atoms with Crippen LogP contribution < -0.4 is 5.14 Å². The number of primary sulfonamides is 1. The van der Waals surface area contributed by atoms with E-state index >= 15 is 0 Å². The largest absolute Gasteiger partial charge is 0.465 e. The van der Waals surface area contributed by atoms with Crippen molar-refractivity contribution in [3.05, 3.63) is 18.2 Å². The van der Waals surface area contributed by atoms with Crippen molar-refractivity contribution in [2.45, 2.75) is 43.3 Å². The van der Waals surface area contributed by atoms with E-state index in [-0.39, 0.29) is 16.6 Å². The maximum absolute atomic E-state index is 11.6. The van der Waals surface area contributed by atoms with Crippen LogP contribution in [-0.2, 0) is 26.1 Å². The number of thioether (sulfide) groups is 1. The van der Waals surface area contributed by atoms with Gasteiger partial charge >= 0.3 is 5.97 Å². The SMILES string of the molecule is CCCCn1c(SCC(=O)OCC)nc2cc(S(N)(=O)=O)ccc21. The number of sulfonamides is 1. The second-order valence-electron chi connectivity index (χ2n) is 5.19. The fourth-order valence-electron chi connectivity index (χ4n) is 2.23. The highest BCUT2D eigenvalue weighted by Gasteiger charge is 2.16. The number of carbonyl (C=O) groups is 1. The molecule has 0 amide bonds. The second kappa shape index (κ2) is 8.00. The van der Waals surface area contributed by atoms with Crippen LogP contribution in [0.4, 0.5) is 0 Å². The molecule has 24 heavy (non-hydrogen) atoms. The van der Waals surface area contributed by atoms with Crippen LogP contribution in [0.25, 0.3) is 11.0 Å². The first-order valence-corrected chi connectivity index (χ1v) is 10.2. The Kier molecular flexibility index (Phi) is 6.25. The summed E-state index contributed by atoms with van der Waals surface area (Å²) in [5.74, 6) is -0.146. The highest BCUT2D eigenvalue weighted by molar-refractivity contribution is 7.99. The molecule has 9 heteroatoms. The molecule has 0 fully saturated rings. The molecule has 0 saturated carbocycles. The van der Waals surface area contributed by atoms with E-state index in [2.05, 4.69) is 11.9 Å². The number of imidazole rings is 1. The van der Waals surface area contributed by atoms with Crippen molar-refractivity contribution in [2.24, 2.45) is 5.14 Å². The number of fused-ring (bicyclic) bond motifs is 1. The van der Waals surface area contributed by atoms with Crippen molar-refractivity contribution < 1.29 is 17.9 Å². The molecule has 2 aromatic rings. The zero-order chi connectivity index (χ0) is 17.7. The molecule has 0 atom stereocenters. The molecule has 132 valence electrons. The number of hydrogen-bond donors (Lipinski definition) is 1. The summed E-state index contributed by atoms with van der Waals surface area (Å²) in [7, 11) is -3.78. The zero-order valence-electron chi connectivity index (χ0n) is 13.7. The fourth-order valence-corrected chi connectivity index (χ4v) is 3.61. The van der Waals surface area contributed by atoms with Crippen molar-refractivity contribution >= 4 is 38.8 Å². The molecule has 0 aliphatic rings. The van der Waals surface area contributed by atoms with E-state index in [1.807, 2.05) is 4.57 Å². The number of nitrogens with two attached hydrogens (primary N) is 1. The van der Waals surface area contributed by atoms with Crippen LogP contribution in [0, 0.1) is 0 Å². The van der Waals surface area contributed by atoms with Crippen molar-refractivity contribution in [3.63, 3.8) is 0 Å². The lowest BCUT2D eigenvalue weighted by molar-refractivity contribution is -0.139. The van der Waals surface area contributed by atoms with Crippen LogP contribution in [0.5, 0.6) is 0 Å². The summed E-state index contributed by atoms with van der Waals surface area (Å²) >= 11 is 1.28. The lowest BCUT2D eigenvalue weighted by Gasteiger charge is -2.08. The highest BCUT2D eigenvalue weighted by Crippen LogP contribution is 2.26. The Labute approximate surface area is 145 Å². The minimum atomic E-state index is -3.78. The number of carbonyl (C=O) groups excluding carboxylic acids is 1. The molecule has 0 radical (unpaired) electrons. The van der Waals surface area contributed by atoms with Gasteiger partial charge < -0.3 is 9.30 Å². The first kappa shape index (κ1) is 18.8. The molecule has 1 aromatic carbocycles. The van der Waals surface area contributed by atoms with Crippen molar-refractivity contribution in [1.82, 2.24) is 9.55 Å². The number of esters is 1. The average Bonchev–Trinajstić information content (AvgIpc) is 2.87. The molecular weight excluding hydrogens is 350 g/mol. The van der Waals surface area contributed by atoms with E-state index in [1.165, 1.54) is 23.9 Å². The Morgan fingerprint density at radius 2 is 2.12 bits per heavy atom. The van der Waals surface area contributed by atoms with E-state index in [9.17, 15) is 13.2 Å². The Morgan fingerprint density at radius 1 is 1.38 bits per heavy atom. The van der Waals surface area contributed by atoms with Gasteiger partial charge in [0.1, 0.15) is 0 Å². The Hall–Kier alpha value is -1.58. The number of unbranched alkanes of at least 4 members (excludes halogenated alkanes) is 1. The van der Waals surface area contributed by atoms with E-state index in [1.54, 1.807) is 13.0 Å². The number of aromatic nitrogens is 2. The van der Waals surface area contributed by atoms with Crippen molar-refractivity contribution in [3.8, 4) is 0 Å². The predicted molar refractivity (Wildman–Crippen MR) is 93.4 cm³/mol. The number of hydrogen-bond acceptors (Lipinski definition) is 6. The van der Waals surface area contributed by atoms with E-state index in [0.29, 0.717) is 17.3 Å². The van der Waals surface area contributed by atoms with Crippen molar-refractivity contribution in [2.75, 3.05) is 12.4 Å². The van der Waals surface area contributed by atoms with Gasteiger partial charge in [-0.3, -0.25) is 4.79 Å². The Morgan fingerprint density at radius 3 is 2.75 bits per heavy atom. The molecule has 0 saturated heterocycles. The molecule has 2 rings (SSSR count). The third-order valence-electron chi connectivity index (χ3n) is 3.37. The summed E-state index contributed by atoms with van der Waals surface area (Å²) < 4.78 is 29.9. The first-order chi connectivity index (χ1) is 11.4. The van der Waals surface area contributed by atoms with E-state index in [4.69, 9.17) is 9.88 Å². The maximum Gasteiger partial charge on any atom is 0.316 e. The molecule has 1 heterocycles. The van der Waals surface area contributed by atoms with Crippen LogP contribution in [0.15, 0.2) is 28.3 Å². The second-order valence-corrected chi connectivity index (χ2v) is 7.69. The third-order valence-corrected chi connectivity index (χ3v) is 5.23. The number of nitrogens with zero attached hydrogens (tertiary/aromatic N) is 2. The molecule has 0 unspecified atom stereocenters. The quantitative estimate of drug-likeness (QED) is 0.563. The lowest BCUT2D eigenvalue weighted by atomic mass is 10.3. The first-order valence-electron chi connectivity index (χ1n) is 7.68. The van der Waals surface area contributed by atoms with Gasteiger partial charge in [0, 0.05) is 6.54 Å². The maximum atomic E-state index is 11.6. The summed E-state index contributed by atoms with van der Waals surface area (Å²) in [6, 6.07) is 4.63. The molecule has 2 N–H and O–H groups in total. The van der Waals surface area contributed by atoms with Gasteiger partial charge in [-0.05, 0) is 31.5 Å². The monoisotopic (exact) mass is 371 g/mol. The van der Waals surface area contributed by atoms with Crippen molar-refractivity contribution in [1.29, 1.82) is 0 Å². The molecule has 0 bridgehead atoms. The number of benzene rings is 1. The van der Waals surface area contributed by atoms with Crippen LogP contribution in [0.2, 0.25) is 0 Å². The number of rotatable bonds is 8. The summed E-state index contributed by atoms with van der Waals surface area (Å²) in [5, 5.41) is 5.84. The topological polar surface area (TPSA) is 104 Å². The normalized spacial score (nSPS) is 11.8. The summed E-state index contributed by atoms with van der Waals surface area (Å²) in [5.41, 5.74) is 1.37. The molecule has 0 aliphatic heterocycles. The number of ether oxygens (including phenoxy) is 1. The predicted octanol–water partition coefficient (Wildman–Crippen LogP) is 2.14. The molecule has 0 spiro atoms. The smallest absolute Gasteiger partial charge is 0.316 e. The standard InChI is InChI=1S/C15H21N3O4S2/c1-3-5-8-18-13-7-6-11(24(16,20)21)9-12(13)17-15(18)23-10-14(19)22-4-2/h6-7,9H,3-5,8,10H2,1-2H3,(H2,16,20,21). The van der Waals surface area contributed by atoms with Gasteiger partial charge in [0.25, 0.3) is 0 Å². The van der Waals surface area contributed by atoms with Gasteiger partial charge in [-0.25, -0.2) is 18.5 Å². The fraction of sp³-hybridized carbons (Fsp3) is 0.467. The molecular formula is C15H21N3O4S2. The van der Waals surface area contributed by atoms with Gasteiger partial charge in [0.2, 0.25) is 10.0 Å². The summed E-state index contributed by atoms with van der Waals surface area (Å²) in [6.45, 7) is 4.92. The lowest BCUT2D eigenvalue weighted by Crippen LogP contribution is -2.11. The summed E-state index contributed by atoms with van der Waals surface area (Å²) in [4.78, 5) is 16.1. The Balaban J connectivity index is 2.38. The Bertz CT molecular complexity index is 831. The minimum absolute atomic E-state index is 0.0251. The summed E-state index contributed by atoms with van der Waals surface area (Å²) in [6.07, 6.45) is 1.96. The van der Waals surface area contributed by atoms with E-state index < -0.39 is 10.0 Å². The third kappa shape index (κ3) is 4.49. The van der Waals surface area contributed by atoms with Gasteiger partial charge in [-0.1, -0.05) is 25.1 Å². The van der Waals surface area contributed by atoms with Gasteiger partial charge in [-0.15, -0.1) is 0 Å². The molecule has 1 aromatic heterocycles. The average molecular weight is 371 g/mol. The van der Waals surface area contributed by atoms with Gasteiger partial charge in [0.05, 0.1) is 28.3 Å². The van der Waals surface area contributed by atoms with Gasteiger partial charge in [0.15, 0.2) is 5.16 Å². The van der Waals surface area contributed by atoms with Crippen LogP contribution in [0.3, 0.4) is 0 Å². The number of aryl methyl sites for hydroxylation is 1. The van der Waals surface area contributed by atoms with Crippen LogP contribution in [0.1, 0.15) is 26.7 Å². The van der Waals surface area contributed by atoms with Crippen LogP contribution >= 0.6 is 11.8 Å². The zero-order valence-corrected chi connectivity index (χ0v) is 15.3.